The molecule has 2 nitrogen and oxygen atoms in total. The third-order valence-electron chi connectivity index (χ3n) is 2.96. The summed E-state index contributed by atoms with van der Waals surface area (Å²) < 4.78 is 12.8. The first-order valence-corrected chi connectivity index (χ1v) is 7.35. The molecule has 1 aromatic carbocycles. The van der Waals surface area contributed by atoms with E-state index < -0.39 is 0 Å². The summed E-state index contributed by atoms with van der Waals surface area (Å²) in [4.78, 5) is 14.4. The van der Waals surface area contributed by atoms with Crippen molar-refractivity contribution in [1.29, 1.82) is 0 Å². The van der Waals surface area contributed by atoms with Gasteiger partial charge in [-0.15, -0.1) is 0 Å². The second-order valence-electron chi connectivity index (χ2n) is 6.32. The molecule has 0 atom stereocenters. The van der Waals surface area contributed by atoms with Crippen LogP contribution in [0.5, 0.6) is 0 Å². The number of rotatable bonds is 8. The average molecular weight is 279 g/mol. The molecule has 0 saturated carbocycles. The van der Waals surface area contributed by atoms with E-state index >= 15 is 0 Å². The fraction of sp³-hybridized carbons (Fsp3) is 0.588. The van der Waals surface area contributed by atoms with E-state index in [1.165, 1.54) is 12.1 Å². The summed E-state index contributed by atoms with van der Waals surface area (Å²) in [6.45, 7) is 11.0. The van der Waals surface area contributed by atoms with Gasteiger partial charge in [0.05, 0.1) is 6.54 Å². The Bertz CT molecular complexity index is 402. The van der Waals surface area contributed by atoms with Crippen molar-refractivity contribution in [2.45, 2.75) is 34.1 Å². The van der Waals surface area contributed by atoms with E-state index in [1.807, 2.05) is 0 Å². The van der Waals surface area contributed by atoms with Crippen molar-refractivity contribution in [3.63, 3.8) is 0 Å². The summed E-state index contributed by atoms with van der Waals surface area (Å²) in [5.74, 6) is 1.03. The topological polar surface area (TPSA) is 20.3 Å². The van der Waals surface area contributed by atoms with Gasteiger partial charge in [-0.3, -0.25) is 9.69 Å². The number of benzene rings is 1. The highest BCUT2D eigenvalue weighted by atomic mass is 19.1. The van der Waals surface area contributed by atoms with Gasteiger partial charge in [0.25, 0.3) is 0 Å². The van der Waals surface area contributed by atoms with Gasteiger partial charge in [-0.2, -0.15) is 0 Å². The van der Waals surface area contributed by atoms with Crippen LogP contribution in [0.25, 0.3) is 0 Å². The largest absolute Gasteiger partial charge is 0.298 e. The van der Waals surface area contributed by atoms with Crippen molar-refractivity contribution < 1.29 is 9.18 Å². The maximum Gasteiger partial charge on any atom is 0.151 e. The molecule has 0 radical (unpaired) electrons. The molecule has 3 heteroatoms. The lowest BCUT2D eigenvalue weighted by Gasteiger charge is -2.25. The van der Waals surface area contributed by atoms with Gasteiger partial charge in [-0.25, -0.2) is 4.39 Å². The van der Waals surface area contributed by atoms with Crippen LogP contribution in [0.1, 0.15) is 33.3 Å². The Kier molecular flexibility index (Phi) is 6.86. The van der Waals surface area contributed by atoms with E-state index in [0.717, 1.165) is 18.7 Å². The number of Topliss-reactive ketones (excluding diaryl/α,β-unsaturated/α-hetero) is 1. The van der Waals surface area contributed by atoms with Gasteiger partial charge >= 0.3 is 0 Å². The zero-order valence-corrected chi connectivity index (χ0v) is 13.0. The molecule has 0 heterocycles. The Balaban J connectivity index is 2.54. The summed E-state index contributed by atoms with van der Waals surface area (Å²) >= 11 is 0. The van der Waals surface area contributed by atoms with Crippen LogP contribution >= 0.6 is 0 Å². The molecule has 112 valence electrons. The molecule has 1 aromatic rings. The Morgan fingerprint density at radius 2 is 1.55 bits per heavy atom. The molecule has 0 aliphatic rings. The molecule has 0 fully saturated rings. The molecular weight excluding hydrogens is 253 g/mol. The fourth-order valence-electron chi connectivity index (χ4n) is 2.37. The third kappa shape index (κ3) is 6.80. The van der Waals surface area contributed by atoms with Crippen LogP contribution in [0.2, 0.25) is 0 Å². The normalized spacial score (nSPS) is 11.6. The molecule has 0 N–H and O–H groups in total. The van der Waals surface area contributed by atoms with Crippen LogP contribution in [0.15, 0.2) is 24.3 Å². The number of halogens is 1. The lowest BCUT2D eigenvalue weighted by Crippen LogP contribution is -2.36. The number of carbonyl (C=O) groups excluding carboxylic acids is 1. The lowest BCUT2D eigenvalue weighted by atomic mass is 10.1. The maximum atomic E-state index is 12.8. The molecule has 0 spiro atoms. The zero-order valence-electron chi connectivity index (χ0n) is 13.0. The molecule has 1 rings (SSSR count). The van der Waals surface area contributed by atoms with Gasteiger partial charge < -0.3 is 0 Å². The molecule has 0 unspecified atom stereocenters. The van der Waals surface area contributed by atoms with Crippen molar-refractivity contribution in [2.75, 3.05) is 19.6 Å². The summed E-state index contributed by atoms with van der Waals surface area (Å²) in [5, 5.41) is 0. The van der Waals surface area contributed by atoms with Crippen LogP contribution in [-0.2, 0) is 11.2 Å². The molecule has 0 aromatic heterocycles. The third-order valence-corrected chi connectivity index (χ3v) is 2.96. The van der Waals surface area contributed by atoms with E-state index in [4.69, 9.17) is 0 Å². The summed E-state index contributed by atoms with van der Waals surface area (Å²) in [6, 6.07) is 6.18. The van der Waals surface area contributed by atoms with Crippen LogP contribution in [0, 0.1) is 17.7 Å². The SMILES string of the molecule is CC(C)CN(CC(=O)Cc1ccc(F)cc1)CC(C)C. The first-order chi connectivity index (χ1) is 9.36. The monoisotopic (exact) mass is 279 g/mol. The van der Waals surface area contributed by atoms with E-state index in [0.29, 0.717) is 24.8 Å². The lowest BCUT2D eigenvalue weighted by molar-refractivity contribution is -0.119. The predicted molar refractivity (Wildman–Crippen MR) is 81.2 cm³/mol. The van der Waals surface area contributed by atoms with Crippen LogP contribution < -0.4 is 0 Å². The molecule has 0 aliphatic heterocycles. The van der Waals surface area contributed by atoms with Gasteiger partial charge in [0, 0.05) is 19.5 Å². The number of ketones is 1. The van der Waals surface area contributed by atoms with E-state index in [-0.39, 0.29) is 11.6 Å². The molecule has 0 bridgehead atoms. The standard InChI is InChI=1S/C17H26FNO/c1-13(2)10-19(11-14(3)4)12-17(20)9-15-5-7-16(18)8-6-15/h5-8,13-14H,9-12H2,1-4H3. The highest BCUT2D eigenvalue weighted by Crippen LogP contribution is 2.07. The van der Waals surface area contributed by atoms with Gasteiger partial charge in [-0.05, 0) is 29.5 Å². The van der Waals surface area contributed by atoms with Crippen molar-refractivity contribution >= 4 is 5.78 Å². The van der Waals surface area contributed by atoms with Crippen molar-refractivity contribution in [3.05, 3.63) is 35.6 Å². The Hall–Kier alpha value is -1.22. The smallest absolute Gasteiger partial charge is 0.151 e. The van der Waals surface area contributed by atoms with E-state index in [2.05, 4.69) is 32.6 Å². The second-order valence-corrected chi connectivity index (χ2v) is 6.32. The van der Waals surface area contributed by atoms with Crippen molar-refractivity contribution in [2.24, 2.45) is 11.8 Å². The van der Waals surface area contributed by atoms with Crippen LogP contribution in [-0.4, -0.2) is 30.3 Å². The maximum absolute atomic E-state index is 12.8. The first kappa shape index (κ1) is 16.8. The Morgan fingerprint density at radius 1 is 1.05 bits per heavy atom. The summed E-state index contributed by atoms with van der Waals surface area (Å²) in [5.41, 5.74) is 0.880. The first-order valence-electron chi connectivity index (χ1n) is 7.35. The van der Waals surface area contributed by atoms with Crippen molar-refractivity contribution in [3.8, 4) is 0 Å². The predicted octanol–water partition coefficient (Wildman–Crippen LogP) is 3.55. The van der Waals surface area contributed by atoms with E-state index in [1.54, 1.807) is 12.1 Å². The summed E-state index contributed by atoms with van der Waals surface area (Å²) in [6.07, 6.45) is 0.382. The van der Waals surface area contributed by atoms with E-state index in [9.17, 15) is 9.18 Å². The molecule has 0 aliphatic carbocycles. The van der Waals surface area contributed by atoms with Gasteiger partial charge in [0.15, 0.2) is 5.78 Å². The zero-order chi connectivity index (χ0) is 15.1. The number of nitrogens with zero attached hydrogens (tertiary/aromatic N) is 1. The Labute approximate surface area is 122 Å². The fourth-order valence-corrected chi connectivity index (χ4v) is 2.37. The average Bonchev–Trinajstić information content (AvgIpc) is 2.30. The van der Waals surface area contributed by atoms with Gasteiger partial charge in [0.1, 0.15) is 5.82 Å². The number of hydrogen-bond donors (Lipinski definition) is 0. The minimum atomic E-state index is -0.262. The van der Waals surface area contributed by atoms with Crippen LogP contribution in [0.4, 0.5) is 4.39 Å². The summed E-state index contributed by atoms with van der Waals surface area (Å²) in [7, 11) is 0. The molecule has 0 saturated heterocycles. The second kappa shape index (κ2) is 8.15. The number of hydrogen-bond acceptors (Lipinski definition) is 2. The highest BCUT2D eigenvalue weighted by Gasteiger charge is 2.14. The molecular formula is C17H26FNO. The van der Waals surface area contributed by atoms with Crippen molar-refractivity contribution in [1.82, 2.24) is 4.90 Å². The Morgan fingerprint density at radius 3 is 2.00 bits per heavy atom. The van der Waals surface area contributed by atoms with Crippen LogP contribution in [0.3, 0.4) is 0 Å². The van der Waals surface area contributed by atoms with Gasteiger partial charge in [0.2, 0.25) is 0 Å². The minimum absolute atomic E-state index is 0.193. The van der Waals surface area contributed by atoms with Gasteiger partial charge in [-0.1, -0.05) is 39.8 Å². The highest BCUT2D eigenvalue weighted by molar-refractivity contribution is 5.82. The quantitative estimate of drug-likeness (QED) is 0.725. The minimum Gasteiger partial charge on any atom is -0.298 e. The molecule has 20 heavy (non-hydrogen) atoms. The molecule has 0 amide bonds. The number of carbonyl (C=O) groups is 1.